The van der Waals surface area contributed by atoms with Gasteiger partial charge in [0.25, 0.3) is 0 Å². The van der Waals surface area contributed by atoms with E-state index in [-0.39, 0.29) is 24.4 Å². The molecule has 0 aliphatic carbocycles. The highest BCUT2D eigenvalue weighted by Crippen LogP contribution is 2.26. The Hall–Kier alpha value is -2.48. The summed E-state index contributed by atoms with van der Waals surface area (Å²) in [6.07, 6.45) is -1.12. The third-order valence-corrected chi connectivity index (χ3v) is 5.49. The summed E-state index contributed by atoms with van der Waals surface area (Å²) < 4.78 is 28.0. The Labute approximate surface area is 182 Å². The minimum atomic E-state index is -1.16. The molecular weight excluding hydrogens is 435 g/mol. The minimum absolute atomic E-state index is 0.0451. The van der Waals surface area contributed by atoms with Crippen molar-refractivity contribution in [2.75, 3.05) is 6.54 Å². The second-order valence-electron chi connectivity index (χ2n) is 6.83. The van der Waals surface area contributed by atoms with E-state index in [4.69, 9.17) is 23.2 Å². The maximum Gasteiger partial charge on any atom is 0.224 e. The standard InChI is InChI=1S/C21H19Cl2F2N3O2/c1-11-15(12(2)28(27-11)14-4-5-16(22)17(23)8-14)9-21(30)26-10-20(29)13-3-6-18(24)19(25)7-13/h3-8,20,29H,9-10H2,1-2H3,(H,26,30). The monoisotopic (exact) mass is 453 g/mol. The zero-order chi connectivity index (χ0) is 22.0. The van der Waals surface area contributed by atoms with Crippen molar-refractivity contribution in [3.05, 3.63) is 80.6 Å². The number of halogens is 4. The van der Waals surface area contributed by atoms with E-state index >= 15 is 0 Å². The molecule has 2 N–H and O–H groups in total. The normalized spacial score (nSPS) is 12.1. The Morgan fingerprint density at radius 1 is 1.13 bits per heavy atom. The zero-order valence-electron chi connectivity index (χ0n) is 16.2. The fraction of sp³-hybridized carbons (Fsp3) is 0.238. The van der Waals surface area contributed by atoms with Crippen LogP contribution in [0.4, 0.5) is 8.78 Å². The molecule has 1 amide bonds. The maximum absolute atomic E-state index is 13.3. The number of hydrogen-bond donors (Lipinski definition) is 2. The Kier molecular flexibility index (Phi) is 6.75. The molecule has 3 rings (SSSR count). The third-order valence-electron chi connectivity index (χ3n) is 4.75. The first-order valence-corrected chi connectivity index (χ1v) is 9.83. The van der Waals surface area contributed by atoms with Crippen LogP contribution in [0.5, 0.6) is 0 Å². The highest BCUT2D eigenvalue weighted by atomic mass is 35.5. The number of aliphatic hydroxyl groups is 1. The number of aromatic nitrogens is 2. The lowest BCUT2D eigenvalue weighted by molar-refractivity contribution is -0.120. The lowest BCUT2D eigenvalue weighted by Crippen LogP contribution is -2.30. The highest BCUT2D eigenvalue weighted by molar-refractivity contribution is 6.42. The van der Waals surface area contributed by atoms with Gasteiger partial charge in [0.1, 0.15) is 0 Å². The molecule has 158 valence electrons. The van der Waals surface area contributed by atoms with Gasteiger partial charge in [-0.25, -0.2) is 13.5 Å². The van der Waals surface area contributed by atoms with Crippen LogP contribution in [0.2, 0.25) is 10.0 Å². The minimum Gasteiger partial charge on any atom is -0.387 e. The molecule has 9 heteroatoms. The quantitative estimate of drug-likeness (QED) is 0.578. The molecule has 1 unspecified atom stereocenters. The first-order chi connectivity index (χ1) is 14.2. The number of amides is 1. The van der Waals surface area contributed by atoms with Crippen LogP contribution in [0.15, 0.2) is 36.4 Å². The molecule has 5 nitrogen and oxygen atoms in total. The fourth-order valence-electron chi connectivity index (χ4n) is 3.07. The Balaban J connectivity index is 1.68. The van der Waals surface area contributed by atoms with Gasteiger partial charge in [0.2, 0.25) is 5.91 Å². The van der Waals surface area contributed by atoms with Gasteiger partial charge in [0.05, 0.1) is 34.0 Å². The zero-order valence-corrected chi connectivity index (χ0v) is 17.7. The molecule has 0 saturated carbocycles. The van der Waals surface area contributed by atoms with Crippen molar-refractivity contribution in [3.8, 4) is 5.69 Å². The summed E-state index contributed by atoms with van der Waals surface area (Å²) in [7, 11) is 0. The van der Waals surface area contributed by atoms with Crippen LogP contribution in [-0.4, -0.2) is 27.3 Å². The number of nitrogens with one attached hydrogen (secondary N) is 1. The van der Waals surface area contributed by atoms with Crippen molar-refractivity contribution < 1.29 is 18.7 Å². The highest BCUT2D eigenvalue weighted by Gasteiger charge is 2.18. The topological polar surface area (TPSA) is 67.2 Å². The van der Waals surface area contributed by atoms with Gasteiger partial charge >= 0.3 is 0 Å². The summed E-state index contributed by atoms with van der Waals surface area (Å²) in [6.45, 7) is 3.49. The molecule has 1 aromatic heterocycles. The second kappa shape index (κ2) is 9.12. The van der Waals surface area contributed by atoms with Gasteiger partial charge < -0.3 is 10.4 Å². The van der Waals surface area contributed by atoms with Crippen molar-refractivity contribution in [2.45, 2.75) is 26.4 Å². The average molecular weight is 454 g/mol. The first-order valence-electron chi connectivity index (χ1n) is 9.07. The summed E-state index contributed by atoms with van der Waals surface area (Å²) in [4.78, 5) is 12.4. The number of aryl methyl sites for hydroxylation is 1. The largest absolute Gasteiger partial charge is 0.387 e. The van der Waals surface area contributed by atoms with Gasteiger partial charge in [-0.2, -0.15) is 5.10 Å². The SMILES string of the molecule is Cc1nn(-c2ccc(Cl)c(Cl)c2)c(C)c1CC(=O)NCC(O)c1ccc(F)c(F)c1. The smallest absolute Gasteiger partial charge is 0.224 e. The number of benzene rings is 2. The predicted molar refractivity (Wildman–Crippen MR) is 111 cm³/mol. The van der Waals surface area contributed by atoms with Crippen molar-refractivity contribution in [1.82, 2.24) is 15.1 Å². The lowest BCUT2D eigenvalue weighted by atomic mass is 10.1. The van der Waals surface area contributed by atoms with Gasteiger partial charge in [0.15, 0.2) is 11.6 Å². The number of carbonyl (C=O) groups is 1. The molecular formula is C21H19Cl2F2N3O2. The third kappa shape index (κ3) is 4.80. The Morgan fingerprint density at radius 3 is 2.53 bits per heavy atom. The van der Waals surface area contributed by atoms with E-state index in [0.29, 0.717) is 21.4 Å². The van der Waals surface area contributed by atoms with E-state index in [9.17, 15) is 18.7 Å². The van der Waals surface area contributed by atoms with Crippen LogP contribution < -0.4 is 5.32 Å². The van der Waals surface area contributed by atoms with E-state index in [1.165, 1.54) is 6.07 Å². The van der Waals surface area contributed by atoms with Crippen LogP contribution in [-0.2, 0) is 11.2 Å². The molecule has 3 aromatic rings. The summed E-state index contributed by atoms with van der Waals surface area (Å²) in [5.74, 6) is -2.39. The molecule has 0 radical (unpaired) electrons. The molecule has 0 spiro atoms. The Bertz CT molecular complexity index is 1100. The van der Waals surface area contributed by atoms with Gasteiger partial charge in [-0.1, -0.05) is 29.3 Å². The maximum atomic E-state index is 13.3. The second-order valence-corrected chi connectivity index (χ2v) is 7.64. The van der Waals surface area contributed by atoms with E-state index in [1.54, 1.807) is 29.8 Å². The summed E-state index contributed by atoms with van der Waals surface area (Å²) in [6, 6.07) is 8.23. The van der Waals surface area contributed by atoms with Gasteiger partial charge in [0, 0.05) is 17.8 Å². The van der Waals surface area contributed by atoms with Gasteiger partial charge in [-0.15, -0.1) is 0 Å². The van der Waals surface area contributed by atoms with Crippen LogP contribution in [0.3, 0.4) is 0 Å². The van der Waals surface area contributed by atoms with Crippen LogP contribution >= 0.6 is 23.2 Å². The summed E-state index contributed by atoms with van der Waals surface area (Å²) in [5, 5.41) is 18.0. The summed E-state index contributed by atoms with van der Waals surface area (Å²) >= 11 is 12.0. The predicted octanol–water partition coefficient (Wildman–Crippen LogP) is 4.47. The molecule has 0 bridgehead atoms. The van der Waals surface area contributed by atoms with E-state index in [0.717, 1.165) is 23.4 Å². The van der Waals surface area contributed by atoms with Crippen molar-refractivity contribution in [1.29, 1.82) is 0 Å². The van der Waals surface area contributed by atoms with Gasteiger partial charge in [-0.05, 0) is 49.7 Å². The molecule has 1 atom stereocenters. The van der Waals surface area contributed by atoms with Crippen LogP contribution in [0.1, 0.15) is 28.6 Å². The van der Waals surface area contributed by atoms with E-state index < -0.39 is 17.7 Å². The number of aliphatic hydroxyl groups excluding tert-OH is 1. The molecule has 0 aliphatic heterocycles. The first kappa shape index (κ1) is 22.2. The van der Waals surface area contributed by atoms with Crippen LogP contribution in [0.25, 0.3) is 5.69 Å². The lowest BCUT2D eigenvalue weighted by Gasteiger charge is -2.13. The molecule has 0 aliphatic rings. The van der Waals surface area contributed by atoms with Crippen molar-refractivity contribution in [3.63, 3.8) is 0 Å². The van der Waals surface area contributed by atoms with Crippen molar-refractivity contribution >= 4 is 29.1 Å². The molecule has 30 heavy (non-hydrogen) atoms. The van der Waals surface area contributed by atoms with Crippen molar-refractivity contribution in [2.24, 2.45) is 0 Å². The number of carbonyl (C=O) groups excluding carboxylic acids is 1. The molecule has 0 fully saturated rings. The molecule has 2 aromatic carbocycles. The number of rotatable bonds is 6. The van der Waals surface area contributed by atoms with E-state index in [2.05, 4.69) is 10.4 Å². The Morgan fingerprint density at radius 2 is 1.87 bits per heavy atom. The summed E-state index contributed by atoms with van der Waals surface area (Å²) in [5.41, 5.74) is 3.07. The number of hydrogen-bond acceptors (Lipinski definition) is 3. The fourth-order valence-corrected chi connectivity index (χ4v) is 3.36. The van der Waals surface area contributed by atoms with E-state index in [1.807, 2.05) is 6.92 Å². The van der Waals surface area contributed by atoms with Crippen LogP contribution in [0, 0.1) is 25.5 Å². The molecule has 0 saturated heterocycles. The molecule has 1 heterocycles. The average Bonchev–Trinajstić information content (AvgIpc) is 2.98. The van der Waals surface area contributed by atoms with Gasteiger partial charge in [-0.3, -0.25) is 4.79 Å². The number of nitrogens with zero attached hydrogens (tertiary/aromatic N) is 2.